The number of furan rings is 1. The number of ether oxygens (including phenoxy) is 1. The van der Waals surface area contributed by atoms with E-state index in [9.17, 15) is 9.90 Å². The van der Waals surface area contributed by atoms with E-state index >= 15 is 0 Å². The number of carbonyl (C=O) groups excluding carboxylic acids is 1. The predicted molar refractivity (Wildman–Crippen MR) is 58.2 cm³/mol. The molecular formula is C11H17NO4. The van der Waals surface area contributed by atoms with Crippen molar-refractivity contribution in [3.8, 4) is 0 Å². The second-order valence-electron chi connectivity index (χ2n) is 3.93. The SMILES string of the molecule is COCCC(C)(O)CNC(=O)c1ccoc1. The van der Waals surface area contributed by atoms with E-state index in [2.05, 4.69) is 5.32 Å². The summed E-state index contributed by atoms with van der Waals surface area (Å²) in [7, 11) is 1.57. The molecule has 90 valence electrons. The van der Waals surface area contributed by atoms with Crippen LogP contribution >= 0.6 is 0 Å². The molecular weight excluding hydrogens is 210 g/mol. The van der Waals surface area contributed by atoms with Crippen LogP contribution in [0.25, 0.3) is 0 Å². The molecule has 0 saturated carbocycles. The first-order valence-corrected chi connectivity index (χ1v) is 5.07. The number of amides is 1. The lowest BCUT2D eigenvalue weighted by Gasteiger charge is -2.22. The van der Waals surface area contributed by atoms with Gasteiger partial charge in [-0.25, -0.2) is 0 Å². The van der Waals surface area contributed by atoms with Crippen LogP contribution in [0.15, 0.2) is 23.0 Å². The van der Waals surface area contributed by atoms with E-state index in [1.807, 2.05) is 0 Å². The fourth-order valence-electron chi connectivity index (χ4n) is 1.18. The van der Waals surface area contributed by atoms with Gasteiger partial charge in [0.15, 0.2) is 0 Å². The van der Waals surface area contributed by atoms with Crippen molar-refractivity contribution >= 4 is 5.91 Å². The van der Waals surface area contributed by atoms with Gasteiger partial charge < -0.3 is 19.6 Å². The van der Waals surface area contributed by atoms with Crippen molar-refractivity contribution in [2.75, 3.05) is 20.3 Å². The van der Waals surface area contributed by atoms with Crippen molar-refractivity contribution in [3.63, 3.8) is 0 Å². The van der Waals surface area contributed by atoms with Crippen LogP contribution in [0.4, 0.5) is 0 Å². The number of methoxy groups -OCH3 is 1. The third-order valence-corrected chi connectivity index (χ3v) is 2.26. The maximum Gasteiger partial charge on any atom is 0.254 e. The number of hydrogen-bond donors (Lipinski definition) is 2. The average Bonchev–Trinajstić information content (AvgIpc) is 2.77. The molecule has 0 aliphatic carbocycles. The number of aliphatic hydroxyl groups is 1. The Bertz CT molecular complexity index is 319. The first kappa shape index (κ1) is 12.7. The molecule has 0 saturated heterocycles. The maximum atomic E-state index is 11.5. The fourth-order valence-corrected chi connectivity index (χ4v) is 1.18. The molecule has 2 N–H and O–H groups in total. The van der Waals surface area contributed by atoms with Gasteiger partial charge in [-0.05, 0) is 13.0 Å². The Kier molecular flexibility index (Phi) is 4.52. The first-order chi connectivity index (χ1) is 7.55. The number of hydrogen-bond acceptors (Lipinski definition) is 4. The van der Waals surface area contributed by atoms with Crippen molar-refractivity contribution in [2.24, 2.45) is 0 Å². The zero-order valence-corrected chi connectivity index (χ0v) is 9.53. The van der Waals surface area contributed by atoms with Gasteiger partial charge in [0.05, 0.1) is 17.4 Å². The topological polar surface area (TPSA) is 71.7 Å². The zero-order valence-electron chi connectivity index (χ0n) is 9.53. The maximum absolute atomic E-state index is 11.5. The minimum absolute atomic E-state index is 0.181. The lowest BCUT2D eigenvalue weighted by molar-refractivity contribution is 0.0243. The quantitative estimate of drug-likeness (QED) is 0.754. The molecule has 1 heterocycles. The Labute approximate surface area is 94.4 Å². The summed E-state index contributed by atoms with van der Waals surface area (Å²) in [5, 5.41) is 12.5. The van der Waals surface area contributed by atoms with Crippen LogP contribution < -0.4 is 5.32 Å². The number of rotatable bonds is 6. The standard InChI is InChI=1S/C11H17NO4/c1-11(14,4-6-15-2)8-12-10(13)9-3-5-16-7-9/h3,5,7,14H,4,6,8H2,1-2H3,(H,12,13). The molecule has 5 heteroatoms. The summed E-state index contributed by atoms with van der Waals surface area (Å²) in [6, 6.07) is 1.57. The Morgan fingerprint density at radius 3 is 3.00 bits per heavy atom. The molecule has 0 fully saturated rings. The van der Waals surface area contributed by atoms with Crippen molar-refractivity contribution in [1.29, 1.82) is 0 Å². The Hall–Kier alpha value is -1.33. The van der Waals surface area contributed by atoms with Gasteiger partial charge >= 0.3 is 0 Å². The highest BCUT2D eigenvalue weighted by Gasteiger charge is 2.21. The third-order valence-electron chi connectivity index (χ3n) is 2.26. The minimum atomic E-state index is -0.963. The Morgan fingerprint density at radius 2 is 2.44 bits per heavy atom. The molecule has 16 heavy (non-hydrogen) atoms. The van der Waals surface area contributed by atoms with E-state index in [1.165, 1.54) is 12.5 Å². The zero-order chi connectivity index (χ0) is 12.0. The lowest BCUT2D eigenvalue weighted by atomic mass is 10.0. The van der Waals surface area contributed by atoms with E-state index in [4.69, 9.17) is 9.15 Å². The van der Waals surface area contributed by atoms with Crippen LogP contribution in [-0.4, -0.2) is 36.9 Å². The Morgan fingerprint density at radius 1 is 1.69 bits per heavy atom. The van der Waals surface area contributed by atoms with Gasteiger partial charge in [-0.1, -0.05) is 0 Å². The number of nitrogens with one attached hydrogen (secondary N) is 1. The largest absolute Gasteiger partial charge is 0.472 e. The molecule has 1 amide bonds. The van der Waals surface area contributed by atoms with E-state index in [0.717, 1.165) is 0 Å². The molecule has 1 aromatic rings. The minimum Gasteiger partial charge on any atom is -0.472 e. The Balaban J connectivity index is 2.36. The molecule has 0 radical (unpaired) electrons. The fraction of sp³-hybridized carbons (Fsp3) is 0.545. The first-order valence-electron chi connectivity index (χ1n) is 5.07. The van der Waals surface area contributed by atoms with Crippen molar-refractivity contribution in [3.05, 3.63) is 24.2 Å². The predicted octanol–water partition coefficient (Wildman–Crippen LogP) is 0.797. The summed E-state index contributed by atoms with van der Waals surface area (Å²) in [5.41, 5.74) is -0.516. The molecule has 0 aliphatic heterocycles. The van der Waals surface area contributed by atoms with Crippen LogP contribution in [-0.2, 0) is 4.74 Å². The highest BCUT2D eigenvalue weighted by atomic mass is 16.5. The smallest absolute Gasteiger partial charge is 0.254 e. The van der Waals surface area contributed by atoms with Crippen LogP contribution in [0.5, 0.6) is 0 Å². The second-order valence-corrected chi connectivity index (χ2v) is 3.93. The monoisotopic (exact) mass is 227 g/mol. The lowest BCUT2D eigenvalue weighted by Crippen LogP contribution is -2.41. The van der Waals surface area contributed by atoms with Gasteiger partial charge in [0, 0.05) is 26.7 Å². The van der Waals surface area contributed by atoms with Crippen LogP contribution in [0.2, 0.25) is 0 Å². The van der Waals surface area contributed by atoms with Crippen molar-refractivity contribution < 1.29 is 19.1 Å². The van der Waals surface area contributed by atoms with Gasteiger partial charge in [0.2, 0.25) is 0 Å². The molecule has 0 spiro atoms. The van der Waals surface area contributed by atoms with E-state index in [1.54, 1.807) is 20.1 Å². The highest BCUT2D eigenvalue weighted by molar-refractivity contribution is 5.93. The summed E-state index contributed by atoms with van der Waals surface area (Å²) < 4.78 is 9.66. The molecule has 0 aromatic carbocycles. The van der Waals surface area contributed by atoms with E-state index in [0.29, 0.717) is 18.6 Å². The summed E-state index contributed by atoms with van der Waals surface area (Å²) >= 11 is 0. The number of carbonyl (C=O) groups is 1. The average molecular weight is 227 g/mol. The summed E-state index contributed by atoms with van der Waals surface area (Å²) in [6.07, 6.45) is 3.26. The summed E-state index contributed by atoms with van der Waals surface area (Å²) in [5.74, 6) is -0.258. The van der Waals surface area contributed by atoms with Crippen LogP contribution in [0.1, 0.15) is 23.7 Å². The van der Waals surface area contributed by atoms with Gasteiger partial charge in [-0.3, -0.25) is 4.79 Å². The van der Waals surface area contributed by atoms with Gasteiger partial charge in [-0.15, -0.1) is 0 Å². The van der Waals surface area contributed by atoms with Gasteiger partial charge in [0.1, 0.15) is 6.26 Å². The van der Waals surface area contributed by atoms with Crippen LogP contribution in [0, 0.1) is 0 Å². The van der Waals surface area contributed by atoms with E-state index < -0.39 is 5.60 Å². The van der Waals surface area contributed by atoms with Gasteiger partial charge in [0.25, 0.3) is 5.91 Å². The highest BCUT2D eigenvalue weighted by Crippen LogP contribution is 2.08. The summed E-state index contributed by atoms with van der Waals surface area (Å²) in [4.78, 5) is 11.5. The molecule has 0 aliphatic rings. The molecule has 0 bridgehead atoms. The molecule has 1 unspecified atom stereocenters. The van der Waals surface area contributed by atoms with Crippen molar-refractivity contribution in [2.45, 2.75) is 18.9 Å². The van der Waals surface area contributed by atoms with Gasteiger partial charge in [-0.2, -0.15) is 0 Å². The van der Waals surface area contributed by atoms with Crippen LogP contribution in [0.3, 0.4) is 0 Å². The second kappa shape index (κ2) is 5.67. The molecule has 5 nitrogen and oxygen atoms in total. The third kappa shape index (κ3) is 4.04. The normalized spacial score (nSPS) is 14.4. The van der Waals surface area contributed by atoms with Crippen molar-refractivity contribution in [1.82, 2.24) is 5.32 Å². The molecule has 1 atom stereocenters. The molecule has 1 aromatic heterocycles. The summed E-state index contributed by atoms with van der Waals surface area (Å²) in [6.45, 7) is 2.29. The van der Waals surface area contributed by atoms with E-state index in [-0.39, 0.29) is 12.5 Å². The molecule has 1 rings (SSSR count).